The van der Waals surface area contributed by atoms with Gasteiger partial charge >= 0.3 is 0 Å². The maximum absolute atomic E-state index is 13.0. The minimum atomic E-state index is -0.929. The summed E-state index contributed by atoms with van der Waals surface area (Å²) in [5, 5.41) is 13.0. The lowest BCUT2D eigenvalue weighted by Gasteiger charge is -2.28. The van der Waals surface area contributed by atoms with Gasteiger partial charge in [-0.25, -0.2) is 9.07 Å². The lowest BCUT2D eigenvalue weighted by atomic mass is 10.2. The van der Waals surface area contributed by atoms with E-state index in [1.165, 1.54) is 0 Å². The van der Waals surface area contributed by atoms with Gasteiger partial charge in [0.2, 0.25) is 5.91 Å². The molecule has 6 nitrogen and oxygen atoms in total. The molecule has 2 fully saturated rings. The van der Waals surface area contributed by atoms with Crippen LogP contribution in [-0.4, -0.2) is 47.5 Å². The van der Waals surface area contributed by atoms with Crippen molar-refractivity contribution in [3.63, 3.8) is 0 Å². The molecule has 2 atom stereocenters. The molecule has 0 bridgehead atoms. The van der Waals surface area contributed by atoms with E-state index in [9.17, 15) is 9.18 Å². The highest BCUT2D eigenvalue weighted by Crippen LogP contribution is 2.18. The van der Waals surface area contributed by atoms with E-state index in [1.54, 1.807) is 16.9 Å². The third-order valence-corrected chi connectivity index (χ3v) is 3.42. The summed E-state index contributed by atoms with van der Waals surface area (Å²) in [5.41, 5.74) is 0. The molecule has 0 aliphatic carbocycles. The molecule has 2 aliphatic heterocycles. The quantitative estimate of drug-likeness (QED) is 0.689. The van der Waals surface area contributed by atoms with Crippen LogP contribution >= 0.6 is 0 Å². The fraction of sp³-hybridized carbons (Fsp3) is 0.636. The average Bonchev–Trinajstić information content (AvgIpc) is 2.86. The van der Waals surface area contributed by atoms with E-state index in [0.717, 1.165) is 13.1 Å². The van der Waals surface area contributed by atoms with Crippen molar-refractivity contribution in [2.75, 3.05) is 25.0 Å². The number of carbonyl (C=O) groups excluding carboxylic acids is 1. The number of nitrogens with one attached hydrogen (secondary N) is 3. The number of hydrogen-bond acceptors (Lipinski definition) is 4. The van der Waals surface area contributed by atoms with Gasteiger partial charge in [0.15, 0.2) is 0 Å². The summed E-state index contributed by atoms with van der Waals surface area (Å²) in [5.74, 6) is 0.486. The number of aromatic nitrogens is 2. The Balaban J connectivity index is 1.65. The summed E-state index contributed by atoms with van der Waals surface area (Å²) in [4.78, 5) is 11.9. The van der Waals surface area contributed by atoms with Crippen LogP contribution in [0.25, 0.3) is 0 Å². The summed E-state index contributed by atoms with van der Waals surface area (Å²) in [6.45, 7) is 1.97. The highest BCUT2D eigenvalue weighted by Gasteiger charge is 2.30. The van der Waals surface area contributed by atoms with Crippen LogP contribution in [0.1, 0.15) is 12.5 Å². The smallest absolute Gasteiger partial charge is 0.242 e. The van der Waals surface area contributed by atoms with E-state index in [2.05, 4.69) is 21.0 Å². The lowest BCUT2D eigenvalue weighted by molar-refractivity contribution is -0.117. The number of nitrogens with zero attached hydrogens (tertiary/aromatic N) is 2. The Morgan fingerprint density at radius 1 is 1.50 bits per heavy atom. The summed E-state index contributed by atoms with van der Waals surface area (Å²) in [7, 11) is 0. The molecule has 3 rings (SSSR count). The summed E-state index contributed by atoms with van der Waals surface area (Å²) in [6.07, 6.45) is 0.973. The fourth-order valence-electron chi connectivity index (χ4n) is 2.26. The first-order valence-corrected chi connectivity index (χ1v) is 6.16. The summed E-state index contributed by atoms with van der Waals surface area (Å²) in [6, 6.07) is 1.61. The van der Waals surface area contributed by atoms with E-state index in [4.69, 9.17) is 0 Å². The zero-order chi connectivity index (χ0) is 12.5. The van der Waals surface area contributed by atoms with Gasteiger partial charge in [-0.1, -0.05) is 0 Å². The second kappa shape index (κ2) is 4.66. The standard InChI is InChI=1S/C11H16FN5O/c12-7-3-9(14-4-7)11(18)16-10-1-2-15-17(10)8-5-13-6-8/h1-2,7-9,13-14H,3-6H2,(H,16,18). The van der Waals surface area contributed by atoms with Crippen molar-refractivity contribution < 1.29 is 9.18 Å². The van der Waals surface area contributed by atoms with Crippen LogP contribution < -0.4 is 16.0 Å². The van der Waals surface area contributed by atoms with Crippen molar-refractivity contribution in [1.29, 1.82) is 0 Å². The third kappa shape index (κ3) is 2.11. The van der Waals surface area contributed by atoms with Crippen molar-refractivity contribution in [2.45, 2.75) is 24.7 Å². The number of rotatable bonds is 3. The number of alkyl halides is 1. The number of carbonyl (C=O) groups is 1. The van der Waals surface area contributed by atoms with Crippen molar-refractivity contribution in [3.8, 4) is 0 Å². The number of amides is 1. The molecule has 3 N–H and O–H groups in total. The largest absolute Gasteiger partial charge is 0.312 e. The monoisotopic (exact) mass is 253 g/mol. The molecular weight excluding hydrogens is 237 g/mol. The third-order valence-electron chi connectivity index (χ3n) is 3.42. The number of halogens is 1. The van der Waals surface area contributed by atoms with Crippen LogP contribution in [0.2, 0.25) is 0 Å². The molecule has 3 heterocycles. The molecule has 7 heteroatoms. The minimum absolute atomic E-state index is 0.191. The van der Waals surface area contributed by atoms with Gasteiger partial charge in [-0.2, -0.15) is 5.10 Å². The molecule has 1 aromatic rings. The van der Waals surface area contributed by atoms with E-state index in [0.29, 0.717) is 11.9 Å². The highest BCUT2D eigenvalue weighted by molar-refractivity contribution is 5.94. The second-order valence-electron chi connectivity index (χ2n) is 4.76. The van der Waals surface area contributed by atoms with Gasteiger partial charge in [-0.15, -0.1) is 0 Å². The van der Waals surface area contributed by atoms with Crippen molar-refractivity contribution in [3.05, 3.63) is 12.3 Å². The summed E-state index contributed by atoms with van der Waals surface area (Å²) < 4.78 is 14.8. The number of anilines is 1. The van der Waals surface area contributed by atoms with Gasteiger partial charge in [0, 0.05) is 32.1 Å². The zero-order valence-corrected chi connectivity index (χ0v) is 9.90. The molecule has 2 unspecified atom stereocenters. The van der Waals surface area contributed by atoms with Crippen molar-refractivity contribution in [1.82, 2.24) is 20.4 Å². The Kier molecular flexibility index (Phi) is 3.00. The summed E-state index contributed by atoms with van der Waals surface area (Å²) >= 11 is 0. The Morgan fingerprint density at radius 2 is 2.33 bits per heavy atom. The van der Waals surface area contributed by atoms with E-state index in [1.807, 2.05) is 0 Å². The molecule has 2 saturated heterocycles. The topological polar surface area (TPSA) is 71.0 Å². The van der Waals surface area contributed by atoms with Crippen LogP contribution in [0.3, 0.4) is 0 Å². The van der Waals surface area contributed by atoms with Gasteiger partial charge in [0.1, 0.15) is 12.0 Å². The molecule has 0 saturated carbocycles. The first-order valence-electron chi connectivity index (χ1n) is 6.16. The molecule has 98 valence electrons. The van der Waals surface area contributed by atoms with Gasteiger partial charge in [-0.3, -0.25) is 4.79 Å². The van der Waals surface area contributed by atoms with Crippen LogP contribution in [-0.2, 0) is 4.79 Å². The van der Waals surface area contributed by atoms with Crippen LogP contribution in [0.5, 0.6) is 0 Å². The maximum atomic E-state index is 13.0. The molecular formula is C11H16FN5O. The van der Waals surface area contributed by atoms with Gasteiger partial charge in [0.25, 0.3) is 0 Å². The second-order valence-corrected chi connectivity index (χ2v) is 4.76. The van der Waals surface area contributed by atoms with E-state index >= 15 is 0 Å². The molecule has 18 heavy (non-hydrogen) atoms. The first-order chi connectivity index (χ1) is 8.74. The Hall–Kier alpha value is -1.47. The van der Waals surface area contributed by atoms with Crippen LogP contribution in [0, 0.1) is 0 Å². The predicted octanol–water partition coefficient (Wildman–Crippen LogP) is -0.334. The Bertz CT molecular complexity index is 444. The van der Waals surface area contributed by atoms with Gasteiger partial charge in [-0.05, 0) is 0 Å². The zero-order valence-electron chi connectivity index (χ0n) is 9.90. The molecule has 2 aliphatic rings. The van der Waals surface area contributed by atoms with Crippen LogP contribution in [0.15, 0.2) is 12.3 Å². The molecule has 0 radical (unpaired) electrons. The Morgan fingerprint density at radius 3 is 2.94 bits per heavy atom. The van der Waals surface area contributed by atoms with Gasteiger partial charge < -0.3 is 16.0 Å². The lowest BCUT2D eigenvalue weighted by Crippen LogP contribution is -2.44. The average molecular weight is 253 g/mol. The molecule has 1 aromatic heterocycles. The Labute approximate surface area is 104 Å². The van der Waals surface area contributed by atoms with E-state index < -0.39 is 12.2 Å². The van der Waals surface area contributed by atoms with Crippen LogP contribution in [0.4, 0.5) is 10.2 Å². The highest BCUT2D eigenvalue weighted by atomic mass is 19.1. The molecule has 0 aromatic carbocycles. The fourth-order valence-corrected chi connectivity index (χ4v) is 2.26. The molecule has 1 amide bonds. The maximum Gasteiger partial charge on any atom is 0.242 e. The normalized spacial score (nSPS) is 28.1. The van der Waals surface area contributed by atoms with Crippen molar-refractivity contribution in [2.24, 2.45) is 0 Å². The molecule has 0 spiro atoms. The minimum Gasteiger partial charge on any atom is -0.312 e. The van der Waals surface area contributed by atoms with E-state index in [-0.39, 0.29) is 18.9 Å². The van der Waals surface area contributed by atoms with Crippen molar-refractivity contribution >= 4 is 11.7 Å². The predicted molar refractivity (Wildman–Crippen MR) is 64.1 cm³/mol. The number of hydrogen-bond donors (Lipinski definition) is 3. The first kappa shape index (κ1) is 11.6. The van der Waals surface area contributed by atoms with Gasteiger partial charge in [0.05, 0.1) is 18.3 Å². The SMILES string of the molecule is O=C(Nc1ccnn1C1CNC1)C1CC(F)CN1.